The summed E-state index contributed by atoms with van der Waals surface area (Å²) in [6.07, 6.45) is 4.64. The minimum Gasteiger partial charge on any atom is -0.481 e. The second-order valence-corrected chi connectivity index (χ2v) is 6.66. The van der Waals surface area contributed by atoms with E-state index in [9.17, 15) is 9.90 Å². The molecule has 0 heterocycles. The van der Waals surface area contributed by atoms with Gasteiger partial charge in [0.2, 0.25) is 0 Å². The Bertz CT molecular complexity index is 721. The van der Waals surface area contributed by atoms with Gasteiger partial charge in [-0.25, -0.2) is 0 Å². The van der Waals surface area contributed by atoms with Crippen molar-refractivity contribution in [1.82, 2.24) is 0 Å². The molecule has 1 unspecified atom stereocenters. The summed E-state index contributed by atoms with van der Waals surface area (Å²) in [5, 5.41) is 18.2. The monoisotopic (exact) mass is 324 g/mol. The first-order valence-electron chi connectivity index (χ1n) is 8.68. The first-order chi connectivity index (χ1) is 11.7. The van der Waals surface area contributed by atoms with Crippen LogP contribution in [0.15, 0.2) is 42.5 Å². The highest BCUT2D eigenvalue weighted by Gasteiger charge is 2.23. The molecule has 1 atom stereocenters. The van der Waals surface area contributed by atoms with Gasteiger partial charge in [-0.1, -0.05) is 42.5 Å². The highest BCUT2D eigenvalue weighted by molar-refractivity contribution is 5.68. The summed E-state index contributed by atoms with van der Waals surface area (Å²) in [5.74, 6) is -0.695. The number of hydrogen-bond donors (Lipinski definition) is 2. The van der Waals surface area contributed by atoms with Gasteiger partial charge in [0.25, 0.3) is 0 Å². The smallest absolute Gasteiger partial charge is 0.303 e. The third-order valence-corrected chi connectivity index (χ3v) is 4.91. The van der Waals surface area contributed by atoms with Gasteiger partial charge in [-0.3, -0.25) is 4.79 Å². The van der Waals surface area contributed by atoms with Crippen LogP contribution in [0.5, 0.6) is 0 Å². The number of rotatable bonds is 6. The Kier molecular flexibility index (Phi) is 5.31. The summed E-state index contributed by atoms with van der Waals surface area (Å²) >= 11 is 0. The molecule has 3 rings (SSSR count). The second-order valence-electron chi connectivity index (χ2n) is 6.66. The molecule has 0 bridgehead atoms. The van der Waals surface area contributed by atoms with Gasteiger partial charge in [-0.05, 0) is 65.8 Å². The predicted molar refractivity (Wildman–Crippen MR) is 94.4 cm³/mol. The average Bonchev–Trinajstić information content (AvgIpc) is 2.71. The molecule has 1 aliphatic rings. The quantitative estimate of drug-likeness (QED) is 0.797. The molecule has 2 aromatic rings. The maximum atomic E-state index is 11.3. The van der Waals surface area contributed by atoms with Gasteiger partial charge in [-0.2, -0.15) is 0 Å². The van der Waals surface area contributed by atoms with Crippen molar-refractivity contribution >= 4 is 5.97 Å². The molecule has 0 fully saturated rings. The molecule has 1 aliphatic carbocycles. The van der Waals surface area contributed by atoms with Crippen LogP contribution in [0.25, 0.3) is 0 Å². The first-order valence-corrected chi connectivity index (χ1v) is 8.68. The number of carboxylic acid groups (broad SMARTS) is 1. The molecule has 0 saturated carbocycles. The summed E-state index contributed by atoms with van der Waals surface area (Å²) in [6, 6.07) is 14.8. The minimum atomic E-state index is -0.737. The number of hydrogen-bond acceptors (Lipinski definition) is 2. The van der Waals surface area contributed by atoms with Crippen molar-refractivity contribution in [3.8, 4) is 0 Å². The van der Waals surface area contributed by atoms with Crippen LogP contribution in [0.2, 0.25) is 0 Å². The maximum Gasteiger partial charge on any atom is 0.303 e. The van der Waals surface area contributed by atoms with E-state index in [1.807, 2.05) is 12.1 Å². The number of aryl methyl sites for hydroxylation is 1. The van der Waals surface area contributed by atoms with E-state index in [0.717, 1.165) is 32.1 Å². The molecule has 2 aromatic carbocycles. The highest BCUT2D eigenvalue weighted by Crippen LogP contribution is 2.34. The lowest BCUT2D eigenvalue weighted by Gasteiger charge is -2.15. The van der Waals surface area contributed by atoms with Crippen LogP contribution < -0.4 is 0 Å². The number of aliphatic carboxylic acids is 1. The third kappa shape index (κ3) is 3.85. The lowest BCUT2D eigenvalue weighted by atomic mass is 9.89. The van der Waals surface area contributed by atoms with Crippen molar-refractivity contribution in [3.05, 3.63) is 70.3 Å². The van der Waals surface area contributed by atoms with Crippen LogP contribution >= 0.6 is 0 Å². The number of aliphatic hydroxyl groups excluding tert-OH is 1. The normalized spacial score (nSPS) is 16.1. The van der Waals surface area contributed by atoms with Crippen molar-refractivity contribution in [2.45, 2.75) is 44.4 Å². The van der Waals surface area contributed by atoms with E-state index in [4.69, 9.17) is 5.11 Å². The summed E-state index contributed by atoms with van der Waals surface area (Å²) in [6.45, 7) is 0.245. The topological polar surface area (TPSA) is 57.5 Å². The molecule has 24 heavy (non-hydrogen) atoms. The van der Waals surface area contributed by atoms with E-state index in [-0.39, 0.29) is 18.9 Å². The van der Waals surface area contributed by atoms with Gasteiger partial charge in [0.1, 0.15) is 0 Å². The van der Waals surface area contributed by atoms with E-state index in [0.29, 0.717) is 0 Å². The fourth-order valence-corrected chi connectivity index (χ4v) is 3.71. The highest BCUT2D eigenvalue weighted by atomic mass is 16.4. The Morgan fingerprint density at radius 3 is 2.67 bits per heavy atom. The van der Waals surface area contributed by atoms with Crippen molar-refractivity contribution in [3.63, 3.8) is 0 Å². The predicted octanol–water partition coefficient (Wildman–Crippen LogP) is 3.71. The van der Waals surface area contributed by atoms with Gasteiger partial charge >= 0.3 is 5.97 Å². The molecule has 3 nitrogen and oxygen atoms in total. The summed E-state index contributed by atoms with van der Waals surface area (Å²) in [4.78, 5) is 11.3. The Morgan fingerprint density at radius 1 is 1.04 bits per heavy atom. The molecule has 0 radical (unpaired) electrons. The largest absolute Gasteiger partial charge is 0.481 e. The number of fused-ring (bicyclic) bond motifs is 2. The molecular formula is C21H24O3. The van der Waals surface area contributed by atoms with Crippen LogP contribution in [0, 0.1) is 0 Å². The number of carbonyl (C=O) groups is 1. The molecule has 0 aliphatic heterocycles. The Morgan fingerprint density at radius 2 is 1.88 bits per heavy atom. The van der Waals surface area contributed by atoms with E-state index < -0.39 is 5.97 Å². The number of benzene rings is 2. The molecular weight excluding hydrogens is 300 g/mol. The van der Waals surface area contributed by atoms with Crippen LogP contribution in [0.4, 0.5) is 0 Å². The molecule has 0 saturated heterocycles. The van der Waals surface area contributed by atoms with Gasteiger partial charge < -0.3 is 10.2 Å². The molecule has 126 valence electrons. The van der Waals surface area contributed by atoms with Gasteiger partial charge in [0.05, 0.1) is 6.42 Å². The molecule has 0 spiro atoms. The van der Waals surface area contributed by atoms with E-state index in [1.165, 1.54) is 27.8 Å². The Hall–Kier alpha value is -2.13. The summed E-state index contributed by atoms with van der Waals surface area (Å²) in [5.41, 5.74) is 6.31. The zero-order valence-electron chi connectivity index (χ0n) is 13.9. The minimum absolute atomic E-state index is 0.0418. The number of aliphatic hydroxyl groups is 1. The van der Waals surface area contributed by atoms with Crippen molar-refractivity contribution < 1.29 is 15.0 Å². The summed E-state index contributed by atoms with van der Waals surface area (Å²) in [7, 11) is 0. The van der Waals surface area contributed by atoms with E-state index >= 15 is 0 Å². The fraction of sp³-hybridized carbons (Fsp3) is 0.381. The zero-order chi connectivity index (χ0) is 16.9. The van der Waals surface area contributed by atoms with Crippen LogP contribution in [-0.4, -0.2) is 22.8 Å². The van der Waals surface area contributed by atoms with Gasteiger partial charge in [0.15, 0.2) is 0 Å². The van der Waals surface area contributed by atoms with E-state index in [2.05, 4.69) is 30.3 Å². The Balaban J connectivity index is 1.91. The maximum absolute atomic E-state index is 11.3. The fourth-order valence-electron chi connectivity index (χ4n) is 3.71. The molecule has 3 heteroatoms. The SMILES string of the molecule is O=C(O)CC1Cc2ccc(CCCCO)cc2Cc2ccccc21. The van der Waals surface area contributed by atoms with Gasteiger partial charge in [-0.15, -0.1) is 0 Å². The van der Waals surface area contributed by atoms with E-state index in [1.54, 1.807) is 0 Å². The van der Waals surface area contributed by atoms with Crippen molar-refractivity contribution in [1.29, 1.82) is 0 Å². The Labute approximate surface area is 143 Å². The molecule has 2 N–H and O–H groups in total. The lowest BCUT2D eigenvalue weighted by Crippen LogP contribution is -2.09. The third-order valence-electron chi connectivity index (χ3n) is 4.91. The zero-order valence-corrected chi connectivity index (χ0v) is 13.9. The standard InChI is InChI=1S/C21H24O3/c22-10-4-3-5-15-8-9-16-12-19(14-21(23)24)20-7-2-1-6-17(20)13-18(16)11-15/h1-2,6-9,11,19,22H,3-5,10,12-14H2,(H,23,24). The lowest BCUT2D eigenvalue weighted by molar-refractivity contribution is -0.137. The van der Waals surface area contributed by atoms with Crippen LogP contribution in [0.1, 0.15) is 53.0 Å². The number of unbranched alkanes of at least 4 members (excludes halogenated alkanes) is 1. The van der Waals surface area contributed by atoms with Crippen LogP contribution in [0.3, 0.4) is 0 Å². The number of carboxylic acids is 1. The first kappa shape index (κ1) is 16.7. The molecule has 0 aromatic heterocycles. The molecule has 0 amide bonds. The summed E-state index contributed by atoms with van der Waals surface area (Å²) < 4.78 is 0. The van der Waals surface area contributed by atoms with Crippen molar-refractivity contribution in [2.75, 3.05) is 6.61 Å². The van der Waals surface area contributed by atoms with Gasteiger partial charge in [0, 0.05) is 6.61 Å². The second kappa shape index (κ2) is 7.63. The average molecular weight is 324 g/mol. The van der Waals surface area contributed by atoms with Crippen molar-refractivity contribution in [2.24, 2.45) is 0 Å². The van der Waals surface area contributed by atoms with Crippen LogP contribution in [-0.2, 0) is 24.1 Å².